The molecule has 0 saturated heterocycles. The second-order valence-corrected chi connectivity index (χ2v) is 6.58. The zero-order chi connectivity index (χ0) is 16.4. The highest BCUT2D eigenvalue weighted by Gasteiger charge is 2.20. The SMILES string of the molecule is O=C(Nc1cn[nH]c1-c1nccs1)N1CCc2ccccc2CC1. The van der Waals surface area contributed by atoms with E-state index in [-0.39, 0.29) is 6.03 Å². The van der Waals surface area contributed by atoms with Gasteiger partial charge < -0.3 is 10.2 Å². The van der Waals surface area contributed by atoms with Gasteiger partial charge in [0.2, 0.25) is 0 Å². The van der Waals surface area contributed by atoms with Crippen LogP contribution in [0.4, 0.5) is 10.5 Å². The number of aromatic amines is 1. The Balaban J connectivity index is 1.47. The molecule has 0 bridgehead atoms. The van der Waals surface area contributed by atoms with E-state index in [2.05, 4.69) is 44.8 Å². The Labute approximate surface area is 143 Å². The van der Waals surface area contributed by atoms with Crippen molar-refractivity contribution in [3.05, 3.63) is 53.2 Å². The molecule has 0 atom stereocenters. The second-order valence-electron chi connectivity index (χ2n) is 5.68. The molecule has 2 amide bonds. The molecule has 1 aromatic carbocycles. The highest BCUT2D eigenvalue weighted by Crippen LogP contribution is 2.27. The molecule has 0 unspecified atom stereocenters. The van der Waals surface area contributed by atoms with Crippen molar-refractivity contribution in [2.75, 3.05) is 18.4 Å². The Hall–Kier alpha value is -2.67. The van der Waals surface area contributed by atoms with Gasteiger partial charge in [0.15, 0.2) is 0 Å². The molecule has 1 aliphatic heterocycles. The third-order valence-corrected chi connectivity index (χ3v) is 5.03. The molecule has 6 nitrogen and oxygen atoms in total. The molecule has 0 fully saturated rings. The van der Waals surface area contributed by atoms with Crippen molar-refractivity contribution in [3.63, 3.8) is 0 Å². The molecule has 3 heterocycles. The first-order valence-corrected chi connectivity index (χ1v) is 8.75. The van der Waals surface area contributed by atoms with Gasteiger partial charge in [-0.25, -0.2) is 9.78 Å². The van der Waals surface area contributed by atoms with Crippen LogP contribution in [-0.2, 0) is 12.8 Å². The summed E-state index contributed by atoms with van der Waals surface area (Å²) in [6, 6.07) is 8.31. The van der Waals surface area contributed by atoms with E-state index in [1.165, 1.54) is 22.5 Å². The molecule has 0 saturated carbocycles. The van der Waals surface area contributed by atoms with Crippen LogP contribution >= 0.6 is 11.3 Å². The van der Waals surface area contributed by atoms with Crippen LogP contribution in [0.3, 0.4) is 0 Å². The highest BCUT2D eigenvalue weighted by molar-refractivity contribution is 7.13. The first-order valence-electron chi connectivity index (χ1n) is 7.87. The van der Waals surface area contributed by atoms with Crippen LogP contribution < -0.4 is 5.32 Å². The molecule has 7 heteroatoms. The zero-order valence-electron chi connectivity index (χ0n) is 13.0. The fraction of sp³-hybridized carbons (Fsp3) is 0.235. The number of nitrogens with zero attached hydrogens (tertiary/aromatic N) is 3. The largest absolute Gasteiger partial charge is 0.324 e. The summed E-state index contributed by atoms with van der Waals surface area (Å²) in [7, 11) is 0. The summed E-state index contributed by atoms with van der Waals surface area (Å²) < 4.78 is 0. The predicted molar refractivity (Wildman–Crippen MR) is 94.1 cm³/mol. The maximum absolute atomic E-state index is 12.6. The van der Waals surface area contributed by atoms with Crippen LogP contribution in [0.2, 0.25) is 0 Å². The second kappa shape index (κ2) is 6.45. The van der Waals surface area contributed by atoms with Crippen LogP contribution in [0.25, 0.3) is 10.7 Å². The molecule has 2 aromatic heterocycles. The smallest absolute Gasteiger partial charge is 0.321 e. The van der Waals surface area contributed by atoms with E-state index in [4.69, 9.17) is 0 Å². The normalized spacial score (nSPS) is 14.1. The van der Waals surface area contributed by atoms with Crippen LogP contribution in [0, 0.1) is 0 Å². The molecule has 0 aliphatic carbocycles. The Morgan fingerprint density at radius 2 is 1.96 bits per heavy atom. The molecular weight excluding hydrogens is 322 g/mol. The van der Waals surface area contributed by atoms with E-state index in [1.54, 1.807) is 12.4 Å². The lowest BCUT2D eigenvalue weighted by atomic mass is 10.0. The number of thiazole rings is 1. The molecule has 122 valence electrons. The lowest BCUT2D eigenvalue weighted by Crippen LogP contribution is -2.36. The average Bonchev–Trinajstić information content (AvgIpc) is 3.22. The number of urea groups is 1. The number of aromatic nitrogens is 3. The van der Waals surface area contributed by atoms with Gasteiger partial charge in [-0.15, -0.1) is 11.3 Å². The number of fused-ring (bicyclic) bond motifs is 1. The first kappa shape index (κ1) is 14.9. The summed E-state index contributed by atoms with van der Waals surface area (Å²) in [5, 5.41) is 12.6. The van der Waals surface area contributed by atoms with Gasteiger partial charge in [0.25, 0.3) is 0 Å². The fourth-order valence-corrected chi connectivity index (χ4v) is 3.60. The highest BCUT2D eigenvalue weighted by atomic mass is 32.1. The average molecular weight is 339 g/mol. The lowest BCUT2D eigenvalue weighted by Gasteiger charge is -2.20. The number of nitrogens with one attached hydrogen (secondary N) is 2. The molecule has 1 aliphatic rings. The number of amides is 2. The van der Waals surface area contributed by atoms with Crippen molar-refractivity contribution in [3.8, 4) is 10.7 Å². The van der Waals surface area contributed by atoms with Gasteiger partial charge in [0.05, 0.1) is 11.9 Å². The minimum Gasteiger partial charge on any atom is -0.324 e. The van der Waals surface area contributed by atoms with Crippen LogP contribution in [0.1, 0.15) is 11.1 Å². The number of rotatable bonds is 2. The zero-order valence-corrected chi connectivity index (χ0v) is 13.8. The van der Waals surface area contributed by atoms with E-state index in [0.29, 0.717) is 18.8 Å². The molecule has 24 heavy (non-hydrogen) atoms. The van der Waals surface area contributed by atoms with Crippen molar-refractivity contribution in [2.45, 2.75) is 12.8 Å². The summed E-state index contributed by atoms with van der Waals surface area (Å²) in [4.78, 5) is 18.8. The summed E-state index contributed by atoms with van der Waals surface area (Å²) in [6.07, 6.45) is 5.13. The van der Waals surface area contributed by atoms with E-state index in [0.717, 1.165) is 23.5 Å². The van der Waals surface area contributed by atoms with E-state index in [9.17, 15) is 4.79 Å². The van der Waals surface area contributed by atoms with Crippen molar-refractivity contribution in [1.29, 1.82) is 0 Å². The van der Waals surface area contributed by atoms with Crippen molar-refractivity contribution in [1.82, 2.24) is 20.1 Å². The van der Waals surface area contributed by atoms with Gasteiger partial charge in [0.1, 0.15) is 10.7 Å². The standard InChI is InChI=1S/C17H17N5OS/c23-17(20-14-11-19-21-15(14)16-18-7-10-24-16)22-8-5-12-3-1-2-4-13(12)6-9-22/h1-4,7,10-11H,5-6,8-9H2,(H,19,21)(H,20,23). The van der Waals surface area contributed by atoms with Crippen LogP contribution in [-0.4, -0.2) is 39.2 Å². The third-order valence-electron chi connectivity index (χ3n) is 4.23. The number of carbonyl (C=O) groups excluding carboxylic acids is 1. The number of carbonyl (C=O) groups is 1. The first-order chi connectivity index (χ1) is 11.8. The minimum absolute atomic E-state index is 0.0954. The number of anilines is 1. The Kier molecular flexibility index (Phi) is 4.00. The molecule has 0 spiro atoms. The minimum atomic E-state index is -0.0954. The molecule has 0 radical (unpaired) electrons. The van der Waals surface area contributed by atoms with Gasteiger partial charge in [-0.2, -0.15) is 5.10 Å². The third kappa shape index (κ3) is 2.90. The molecular formula is C17H17N5OS. The lowest BCUT2D eigenvalue weighted by molar-refractivity contribution is 0.214. The van der Waals surface area contributed by atoms with Crippen molar-refractivity contribution >= 4 is 23.1 Å². The number of hydrogen-bond acceptors (Lipinski definition) is 4. The molecule has 4 rings (SSSR count). The summed E-state index contributed by atoms with van der Waals surface area (Å²) in [6.45, 7) is 1.43. The van der Waals surface area contributed by atoms with Crippen molar-refractivity contribution in [2.24, 2.45) is 0 Å². The van der Waals surface area contributed by atoms with Gasteiger partial charge in [0, 0.05) is 24.7 Å². The maximum atomic E-state index is 12.6. The van der Waals surface area contributed by atoms with Crippen LogP contribution in [0.15, 0.2) is 42.0 Å². The predicted octanol–water partition coefficient (Wildman–Crippen LogP) is 3.17. The quantitative estimate of drug-likeness (QED) is 0.753. The number of H-pyrrole nitrogens is 1. The maximum Gasteiger partial charge on any atom is 0.321 e. The summed E-state index contributed by atoms with van der Waals surface area (Å²) in [5.41, 5.74) is 4.08. The molecule has 3 aromatic rings. The van der Waals surface area contributed by atoms with E-state index >= 15 is 0 Å². The Morgan fingerprint density at radius 1 is 1.21 bits per heavy atom. The number of hydrogen-bond donors (Lipinski definition) is 2. The summed E-state index contributed by atoms with van der Waals surface area (Å²) >= 11 is 1.51. The molecule has 2 N–H and O–H groups in total. The monoisotopic (exact) mass is 339 g/mol. The Bertz CT molecular complexity index is 815. The van der Waals surface area contributed by atoms with Crippen LogP contribution in [0.5, 0.6) is 0 Å². The Morgan fingerprint density at radius 3 is 2.62 bits per heavy atom. The van der Waals surface area contributed by atoms with Gasteiger partial charge in [-0.1, -0.05) is 24.3 Å². The van der Waals surface area contributed by atoms with Crippen molar-refractivity contribution < 1.29 is 4.79 Å². The van der Waals surface area contributed by atoms with E-state index in [1.807, 2.05) is 10.3 Å². The topological polar surface area (TPSA) is 73.9 Å². The number of benzene rings is 1. The van der Waals surface area contributed by atoms with E-state index < -0.39 is 0 Å². The van der Waals surface area contributed by atoms with Gasteiger partial charge in [-0.3, -0.25) is 5.10 Å². The fourth-order valence-electron chi connectivity index (χ4n) is 2.96. The van der Waals surface area contributed by atoms with Gasteiger partial charge >= 0.3 is 6.03 Å². The summed E-state index contributed by atoms with van der Waals surface area (Å²) in [5.74, 6) is 0. The van der Waals surface area contributed by atoms with Gasteiger partial charge in [-0.05, 0) is 24.0 Å².